The fourth-order valence-electron chi connectivity index (χ4n) is 3.45. The first-order valence-electron chi connectivity index (χ1n) is 9.94. The SMILES string of the molecule is COc1ccc(C(NC(=O)CCCN2C(=O)NC(C)(C)C2=O)c2ccccc2)cc1. The van der Waals surface area contributed by atoms with Crippen LogP contribution in [-0.2, 0) is 9.59 Å². The molecular weight excluding hydrogens is 382 g/mol. The molecule has 1 saturated heterocycles. The zero-order valence-electron chi connectivity index (χ0n) is 17.5. The highest BCUT2D eigenvalue weighted by Gasteiger charge is 2.43. The van der Waals surface area contributed by atoms with Crippen molar-refractivity contribution in [3.63, 3.8) is 0 Å². The predicted molar refractivity (Wildman–Crippen MR) is 113 cm³/mol. The molecule has 1 aliphatic rings. The van der Waals surface area contributed by atoms with Crippen LogP contribution in [0.4, 0.5) is 4.79 Å². The van der Waals surface area contributed by atoms with E-state index in [1.807, 2.05) is 54.6 Å². The monoisotopic (exact) mass is 409 g/mol. The van der Waals surface area contributed by atoms with Crippen molar-refractivity contribution in [2.45, 2.75) is 38.3 Å². The number of carbonyl (C=O) groups is 3. The van der Waals surface area contributed by atoms with Gasteiger partial charge in [-0.15, -0.1) is 0 Å². The van der Waals surface area contributed by atoms with Crippen molar-refractivity contribution in [2.24, 2.45) is 0 Å². The zero-order chi connectivity index (χ0) is 21.7. The fourth-order valence-corrected chi connectivity index (χ4v) is 3.45. The molecular formula is C23H27N3O4. The fraction of sp³-hybridized carbons (Fsp3) is 0.348. The number of nitrogens with one attached hydrogen (secondary N) is 2. The second-order valence-electron chi connectivity index (χ2n) is 7.80. The van der Waals surface area contributed by atoms with Crippen molar-refractivity contribution in [2.75, 3.05) is 13.7 Å². The van der Waals surface area contributed by atoms with Gasteiger partial charge in [-0.3, -0.25) is 14.5 Å². The van der Waals surface area contributed by atoms with E-state index in [-0.39, 0.29) is 30.8 Å². The van der Waals surface area contributed by atoms with Crippen LogP contribution in [0.15, 0.2) is 54.6 Å². The van der Waals surface area contributed by atoms with Gasteiger partial charge in [0.15, 0.2) is 0 Å². The Hall–Kier alpha value is -3.35. The van der Waals surface area contributed by atoms with Gasteiger partial charge in [-0.1, -0.05) is 42.5 Å². The lowest BCUT2D eigenvalue weighted by Gasteiger charge is -2.21. The number of methoxy groups -OCH3 is 1. The maximum atomic E-state index is 12.6. The van der Waals surface area contributed by atoms with Gasteiger partial charge in [0, 0.05) is 13.0 Å². The molecule has 158 valence electrons. The number of ether oxygens (including phenoxy) is 1. The summed E-state index contributed by atoms with van der Waals surface area (Å²) in [5.74, 6) is 0.327. The maximum Gasteiger partial charge on any atom is 0.325 e. The lowest BCUT2D eigenvalue weighted by Crippen LogP contribution is -2.40. The highest BCUT2D eigenvalue weighted by Crippen LogP contribution is 2.24. The molecule has 2 aromatic rings. The molecule has 4 amide bonds. The van der Waals surface area contributed by atoms with Crippen molar-refractivity contribution >= 4 is 17.8 Å². The summed E-state index contributed by atoms with van der Waals surface area (Å²) >= 11 is 0. The topological polar surface area (TPSA) is 87.7 Å². The lowest BCUT2D eigenvalue weighted by atomic mass is 9.98. The van der Waals surface area contributed by atoms with Gasteiger partial charge < -0.3 is 15.4 Å². The third-order valence-electron chi connectivity index (χ3n) is 5.12. The van der Waals surface area contributed by atoms with Crippen LogP contribution in [0.1, 0.15) is 43.9 Å². The molecule has 1 aliphatic heterocycles. The van der Waals surface area contributed by atoms with E-state index < -0.39 is 11.6 Å². The molecule has 3 rings (SSSR count). The molecule has 30 heavy (non-hydrogen) atoms. The van der Waals surface area contributed by atoms with Crippen LogP contribution in [0.5, 0.6) is 5.75 Å². The molecule has 1 unspecified atom stereocenters. The first-order valence-corrected chi connectivity index (χ1v) is 9.94. The number of hydrogen-bond donors (Lipinski definition) is 2. The maximum absolute atomic E-state index is 12.6. The lowest BCUT2D eigenvalue weighted by molar-refractivity contribution is -0.130. The standard InChI is InChI=1S/C23H27N3O4/c1-23(2)21(28)26(22(29)25-23)15-7-10-19(27)24-20(16-8-5-4-6-9-16)17-11-13-18(30-3)14-12-17/h4-6,8-9,11-14,20H,7,10,15H2,1-3H3,(H,24,27)(H,25,29). The van der Waals surface area contributed by atoms with E-state index in [0.717, 1.165) is 16.9 Å². The smallest absolute Gasteiger partial charge is 0.325 e. The Bertz CT molecular complexity index is 910. The Morgan fingerprint density at radius 3 is 2.27 bits per heavy atom. The molecule has 1 fully saturated rings. The van der Waals surface area contributed by atoms with E-state index >= 15 is 0 Å². The summed E-state index contributed by atoms with van der Waals surface area (Å²) in [5, 5.41) is 5.71. The molecule has 0 radical (unpaired) electrons. The first-order chi connectivity index (χ1) is 14.3. The van der Waals surface area contributed by atoms with E-state index in [1.54, 1.807) is 21.0 Å². The minimum atomic E-state index is -0.897. The van der Waals surface area contributed by atoms with E-state index in [0.29, 0.717) is 6.42 Å². The minimum absolute atomic E-state index is 0.147. The number of carbonyl (C=O) groups excluding carboxylic acids is 3. The molecule has 7 nitrogen and oxygen atoms in total. The quantitative estimate of drug-likeness (QED) is 0.656. The summed E-state index contributed by atoms with van der Waals surface area (Å²) in [4.78, 5) is 38.0. The van der Waals surface area contributed by atoms with Gasteiger partial charge in [0.05, 0.1) is 13.2 Å². The van der Waals surface area contributed by atoms with Crippen LogP contribution in [0, 0.1) is 0 Å². The number of hydrogen-bond acceptors (Lipinski definition) is 4. The zero-order valence-corrected chi connectivity index (χ0v) is 17.5. The predicted octanol–water partition coefficient (Wildman–Crippen LogP) is 3.01. The van der Waals surface area contributed by atoms with Gasteiger partial charge in [0.2, 0.25) is 5.91 Å². The normalized spacial score (nSPS) is 16.2. The second kappa shape index (κ2) is 8.98. The minimum Gasteiger partial charge on any atom is -0.497 e. The van der Waals surface area contributed by atoms with Gasteiger partial charge in [-0.05, 0) is 43.5 Å². The van der Waals surface area contributed by atoms with Gasteiger partial charge in [-0.2, -0.15) is 0 Å². The van der Waals surface area contributed by atoms with Gasteiger partial charge in [0.1, 0.15) is 11.3 Å². The van der Waals surface area contributed by atoms with E-state index in [4.69, 9.17) is 4.74 Å². The number of imide groups is 1. The van der Waals surface area contributed by atoms with Crippen LogP contribution >= 0.6 is 0 Å². The number of amides is 4. The van der Waals surface area contributed by atoms with Crippen molar-refractivity contribution < 1.29 is 19.1 Å². The summed E-state index contributed by atoms with van der Waals surface area (Å²) in [6.45, 7) is 3.54. The molecule has 2 N–H and O–H groups in total. The summed E-state index contributed by atoms with van der Waals surface area (Å²) in [6, 6.07) is 16.6. The van der Waals surface area contributed by atoms with E-state index in [1.165, 1.54) is 4.90 Å². The Labute approximate surface area is 176 Å². The Morgan fingerprint density at radius 2 is 1.70 bits per heavy atom. The number of benzene rings is 2. The average Bonchev–Trinajstić information content (AvgIpc) is 2.94. The van der Waals surface area contributed by atoms with E-state index in [9.17, 15) is 14.4 Å². The van der Waals surface area contributed by atoms with Crippen molar-refractivity contribution in [3.05, 3.63) is 65.7 Å². The molecule has 0 spiro atoms. The van der Waals surface area contributed by atoms with Crippen LogP contribution in [0.25, 0.3) is 0 Å². The van der Waals surface area contributed by atoms with Crippen molar-refractivity contribution in [3.8, 4) is 5.75 Å². The third-order valence-corrected chi connectivity index (χ3v) is 5.12. The van der Waals surface area contributed by atoms with Crippen LogP contribution < -0.4 is 15.4 Å². The first kappa shape index (κ1) is 21.4. The molecule has 2 aromatic carbocycles. The van der Waals surface area contributed by atoms with Crippen LogP contribution in [0.2, 0.25) is 0 Å². The summed E-state index contributed by atoms with van der Waals surface area (Å²) in [6.07, 6.45) is 0.599. The highest BCUT2D eigenvalue weighted by atomic mass is 16.5. The number of urea groups is 1. The van der Waals surface area contributed by atoms with Crippen LogP contribution in [-0.4, -0.2) is 41.9 Å². The van der Waals surface area contributed by atoms with Gasteiger partial charge in [-0.25, -0.2) is 4.79 Å². The number of rotatable bonds is 8. The van der Waals surface area contributed by atoms with Gasteiger partial charge >= 0.3 is 6.03 Å². The molecule has 7 heteroatoms. The summed E-state index contributed by atoms with van der Waals surface area (Å²) in [7, 11) is 1.61. The second-order valence-corrected chi connectivity index (χ2v) is 7.80. The Kier molecular flexibility index (Phi) is 6.40. The molecule has 0 aliphatic carbocycles. The number of nitrogens with zero attached hydrogens (tertiary/aromatic N) is 1. The Balaban J connectivity index is 1.64. The molecule has 0 saturated carbocycles. The summed E-state index contributed by atoms with van der Waals surface area (Å²) in [5.41, 5.74) is 1.00. The van der Waals surface area contributed by atoms with Crippen molar-refractivity contribution in [1.29, 1.82) is 0 Å². The van der Waals surface area contributed by atoms with Crippen molar-refractivity contribution in [1.82, 2.24) is 15.5 Å². The molecule has 1 atom stereocenters. The van der Waals surface area contributed by atoms with Gasteiger partial charge in [0.25, 0.3) is 5.91 Å². The van der Waals surface area contributed by atoms with E-state index in [2.05, 4.69) is 10.6 Å². The molecule has 0 aromatic heterocycles. The Morgan fingerprint density at radius 1 is 1.07 bits per heavy atom. The third kappa shape index (κ3) is 4.79. The molecule has 1 heterocycles. The van der Waals surface area contributed by atoms with Crippen LogP contribution in [0.3, 0.4) is 0 Å². The average molecular weight is 409 g/mol. The molecule has 0 bridgehead atoms. The summed E-state index contributed by atoms with van der Waals surface area (Å²) < 4.78 is 5.22. The highest BCUT2D eigenvalue weighted by molar-refractivity contribution is 6.06. The largest absolute Gasteiger partial charge is 0.497 e.